The first kappa shape index (κ1) is 18.9. The molecular weight excluding hydrogens is 356 g/mol. The fraction of sp³-hybridized carbons (Fsp3) is 0.571. The van der Waals surface area contributed by atoms with Gasteiger partial charge in [0.2, 0.25) is 0 Å². The van der Waals surface area contributed by atoms with Gasteiger partial charge in [-0.1, -0.05) is 13.3 Å². The van der Waals surface area contributed by atoms with Gasteiger partial charge in [0.1, 0.15) is 0 Å². The van der Waals surface area contributed by atoms with Crippen LogP contribution in [0.2, 0.25) is 0 Å². The number of aromatic nitrogens is 3. The predicted octanol–water partition coefficient (Wildman–Crippen LogP) is 3.33. The van der Waals surface area contributed by atoms with E-state index in [1.807, 2.05) is 17.0 Å². The molecule has 0 N–H and O–H groups in total. The summed E-state index contributed by atoms with van der Waals surface area (Å²) in [7, 11) is 0. The first-order valence-corrected chi connectivity index (χ1v) is 10.2. The van der Waals surface area contributed by atoms with Crippen LogP contribution >= 0.6 is 0 Å². The molecule has 1 atom stereocenters. The largest absolute Gasteiger partial charge is 0.461 e. The van der Waals surface area contributed by atoms with E-state index in [4.69, 9.17) is 9.47 Å². The summed E-state index contributed by atoms with van der Waals surface area (Å²) in [4.78, 5) is 23.7. The fourth-order valence-corrected chi connectivity index (χ4v) is 3.48. The van der Waals surface area contributed by atoms with Gasteiger partial charge in [-0.3, -0.25) is 0 Å². The molecule has 28 heavy (non-hydrogen) atoms. The highest BCUT2D eigenvalue weighted by molar-refractivity contribution is 5.88. The smallest absolute Gasteiger partial charge is 0.356 e. The quantitative estimate of drug-likeness (QED) is 0.539. The molecule has 0 radical (unpaired) electrons. The molecule has 3 heterocycles. The number of esters is 1. The highest BCUT2D eigenvalue weighted by Gasteiger charge is 2.27. The lowest BCUT2D eigenvalue weighted by molar-refractivity contribution is 0.0491. The number of rotatable bonds is 7. The van der Waals surface area contributed by atoms with Gasteiger partial charge in [0.15, 0.2) is 5.69 Å². The van der Waals surface area contributed by atoms with E-state index in [-0.39, 0.29) is 12.1 Å². The molecule has 0 aromatic carbocycles. The lowest BCUT2D eigenvalue weighted by Crippen LogP contribution is -2.41. The second-order valence-corrected chi connectivity index (χ2v) is 7.66. The molecule has 0 unspecified atom stereocenters. The van der Waals surface area contributed by atoms with Crippen LogP contribution in [0.15, 0.2) is 24.8 Å². The lowest BCUT2D eigenvalue weighted by Gasteiger charge is -2.34. The molecule has 1 saturated carbocycles. The molecule has 2 aliphatic rings. The Labute approximate surface area is 165 Å². The number of unbranched alkanes of at least 4 members (excludes halogenated alkanes) is 1. The maximum absolute atomic E-state index is 12.4. The summed E-state index contributed by atoms with van der Waals surface area (Å²) < 4.78 is 13.0. The normalized spacial score (nSPS) is 19.6. The second kappa shape index (κ2) is 8.31. The number of pyridine rings is 1. The Morgan fingerprint density at radius 1 is 1.32 bits per heavy atom. The van der Waals surface area contributed by atoms with Crippen LogP contribution < -0.4 is 4.90 Å². The minimum Gasteiger partial charge on any atom is -0.461 e. The SMILES string of the molecule is CCCCOC(=O)c1cc(-n2cnc(C3CC3)c2)c(N2CCO[C@H](C)C2)cn1. The maximum Gasteiger partial charge on any atom is 0.356 e. The molecule has 1 aliphatic carbocycles. The fourth-order valence-electron chi connectivity index (χ4n) is 3.48. The van der Waals surface area contributed by atoms with Crippen molar-refractivity contribution in [3.05, 3.63) is 36.2 Å². The molecule has 0 bridgehead atoms. The van der Waals surface area contributed by atoms with Crippen LogP contribution in [0.1, 0.15) is 61.6 Å². The summed E-state index contributed by atoms with van der Waals surface area (Å²) in [5.74, 6) is 0.201. The van der Waals surface area contributed by atoms with Crippen molar-refractivity contribution in [2.45, 2.75) is 51.6 Å². The molecule has 2 aromatic rings. The number of imidazole rings is 1. The average molecular weight is 384 g/mol. The topological polar surface area (TPSA) is 69.5 Å². The summed E-state index contributed by atoms with van der Waals surface area (Å²) >= 11 is 0. The zero-order valence-electron chi connectivity index (χ0n) is 16.6. The van der Waals surface area contributed by atoms with Crippen molar-refractivity contribution in [1.82, 2.24) is 14.5 Å². The van der Waals surface area contributed by atoms with E-state index in [9.17, 15) is 4.79 Å². The van der Waals surface area contributed by atoms with Crippen molar-refractivity contribution in [3.8, 4) is 5.69 Å². The third-order valence-corrected chi connectivity index (χ3v) is 5.26. The van der Waals surface area contributed by atoms with Gasteiger partial charge in [-0.25, -0.2) is 14.8 Å². The molecule has 1 saturated heterocycles. The van der Waals surface area contributed by atoms with Gasteiger partial charge in [-0.05, 0) is 32.3 Å². The highest BCUT2D eigenvalue weighted by Crippen LogP contribution is 2.39. The number of nitrogens with zero attached hydrogens (tertiary/aromatic N) is 4. The Hall–Kier alpha value is -2.41. The van der Waals surface area contributed by atoms with Gasteiger partial charge < -0.3 is 18.9 Å². The Bertz CT molecular complexity index is 831. The van der Waals surface area contributed by atoms with E-state index in [0.29, 0.717) is 24.8 Å². The zero-order chi connectivity index (χ0) is 19.5. The van der Waals surface area contributed by atoms with Crippen LogP contribution in [0.3, 0.4) is 0 Å². The minimum absolute atomic E-state index is 0.157. The first-order chi connectivity index (χ1) is 13.7. The standard InChI is InChI=1S/C21H28N4O3/c1-3-4-8-28-21(26)17-10-19(25-13-18(23-14-25)16-5-6-16)20(11-22-17)24-7-9-27-15(2)12-24/h10-11,13-16H,3-9,12H2,1-2H3/t15-/m1/s1. The summed E-state index contributed by atoms with van der Waals surface area (Å²) in [6.45, 7) is 6.83. The molecule has 1 aliphatic heterocycles. The summed E-state index contributed by atoms with van der Waals surface area (Å²) in [5, 5.41) is 0. The van der Waals surface area contributed by atoms with E-state index >= 15 is 0 Å². The van der Waals surface area contributed by atoms with E-state index < -0.39 is 0 Å². The lowest BCUT2D eigenvalue weighted by atomic mass is 10.2. The van der Waals surface area contributed by atoms with Crippen LogP contribution in [0.4, 0.5) is 5.69 Å². The van der Waals surface area contributed by atoms with Crippen LogP contribution in [0.25, 0.3) is 5.69 Å². The molecule has 4 rings (SSSR count). The molecule has 0 amide bonds. The van der Waals surface area contributed by atoms with Gasteiger partial charge in [0, 0.05) is 25.2 Å². The Morgan fingerprint density at radius 2 is 2.18 bits per heavy atom. The van der Waals surface area contributed by atoms with Crippen molar-refractivity contribution >= 4 is 11.7 Å². The number of hydrogen-bond donors (Lipinski definition) is 0. The zero-order valence-corrected chi connectivity index (χ0v) is 16.6. The number of hydrogen-bond acceptors (Lipinski definition) is 6. The van der Waals surface area contributed by atoms with Crippen molar-refractivity contribution in [2.75, 3.05) is 31.2 Å². The summed E-state index contributed by atoms with van der Waals surface area (Å²) in [6.07, 6.45) is 10.1. The van der Waals surface area contributed by atoms with Gasteiger partial charge in [0.25, 0.3) is 0 Å². The van der Waals surface area contributed by atoms with E-state index in [0.717, 1.165) is 43.0 Å². The van der Waals surface area contributed by atoms with E-state index in [1.165, 1.54) is 12.8 Å². The predicted molar refractivity (Wildman–Crippen MR) is 106 cm³/mol. The number of anilines is 1. The van der Waals surface area contributed by atoms with Gasteiger partial charge in [-0.15, -0.1) is 0 Å². The highest BCUT2D eigenvalue weighted by atomic mass is 16.5. The van der Waals surface area contributed by atoms with Gasteiger partial charge in [0.05, 0.1) is 48.9 Å². The minimum atomic E-state index is -0.376. The third kappa shape index (κ3) is 4.19. The maximum atomic E-state index is 12.4. The van der Waals surface area contributed by atoms with Gasteiger partial charge in [-0.2, -0.15) is 0 Å². The molecule has 0 spiro atoms. The summed E-state index contributed by atoms with van der Waals surface area (Å²) in [5.41, 5.74) is 3.34. The number of ether oxygens (including phenoxy) is 2. The second-order valence-electron chi connectivity index (χ2n) is 7.66. The van der Waals surface area contributed by atoms with Crippen LogP contribution in [-0.2, 0) is 9.47 Å². The molecule has 150 valence electrons. The third-order valence-electron chi connectivity index (χ3n) is 5.26. The van der Waals surface area contributed by atoms with Crippen molar-refractivity contribution in [1.29, 1.82) is 0 Å². The monoisotopic (exact) mass is 384 g/mol. The molecule has 2 aromatic heterocycles. The van der Waals surface area contributed by atoms with Crippen molar-refractivity contribution in [3.63, 3.8) is 0 Å². The van der Waals surface area contributed by atoms with E-state index in [1.54, 1.807) is 6.20 Å². The Morgan fingerprint density at radius 3 is 2.93 bits per heavy atom. The van der Waals surface area contributed by atoms with Crippen molar-refractivity contribution < 1.29 is 14.3 Å². The molecule has 7 heteroatoms. The molecule has 2 fully saturated rings. The summed E-state index contributed by atoms with van der Waals surface area (Å²) in [6, 6.07) is 1.82. The van der Waals surface area contributed by atoms with Gasteiger partial charge >= 0.3 is 5.97 Å². The molecular formula is C21H28N4O3. The Balaban J connectivity index is 1.65. The first-order valence-electron chi connectivity index (χ1n) is 10.2. The van der Waals surface area contributed by atoms with Crippen LogP contribution in [0, 0.1) is 0 Å². The van der Waals surface area contributed by atoms with Crippen molar-refractivity contribution in [2.24, 2.45) is 0 Å². The number of carbonyl (C=O) groups is 1. The Kier molecular flexibility index (Phi) is 5.62. The van der Waals surface area contributed by atoms with Crippen LogP contribution in [-0.4, -0.2) is 52.9 Å². The number of carbonyl (C=O) groups excluding carboxylic acids is 1. The van der Waals surface area contributed by atoms with E-state index in [2.05, 4.69) is 34.9 Å². The van der Waals surface area contributed by atoms with Crippen LogP contribution in [0.5, 0.6) is 0 Å². The number of morpholine rings is 1. The average Bonchev–Trinajstić information content (AvgIpc) is 3.44. The molecule has 7 nitrogen and oxygen atoms in total.